The molecular weight excluding hydrogens is 346 g/mol. The smallest absolute Gasteiger partial charge is 0.115 e. The molecule has 1 saturated carbocycles. The number of phenolic OH excluding ortho intramolecular Hbond substituents is 1. The van der Waals surface area contributed by atoms with Crippen LogP contribution in [0.25, 0.3) is 22.0 Å². The van der Waals surface area contributed by atoms with Crippen LogP contribution < -0.4 is 5.32 Å². The zero-order valence-electron chi connectivity index (χ0n) is 16.7. The predicted octanol–water partition coefficient (Wildman–Crippen LogP) is 5.14. The number of benzene rings is 2. The van der Waals surface area contributed by atoms with Gasteiger partial charge < -0.3 is 15.3 Å². The van der Waals surface area contributed by atoms with E-state index in [1.165, 1.54) is 37.9 Å². The van der Waals surface area contributed by atoms with Gasteiger partial charge in [0.25, 0.3) is 0 Å². The number of hydrogen-bond donors (Lipinski definition) is 2. The molecular formula is C24H29N3O. The van der Waals surface area contributed by atoms with Gasteiger partial charge in [0.1, 0.15) is 5.75 Å². The molecule has 0 aliphatic heterocycles. The van der Waals surface area contributed by atoms with Crippen molar-refractivity contribution in [3.8, 4) is 16.9 Å². The van der Waals surface area contributed by atoms with E-state index in [9.17, 15) is 5.11 Å². The summed E-state index contributed by atoms with van der Waals surface area (Å²) in [6.45, 7) is 1.20. The van der Waals surface area contributed by atoms with Crippen molar-refractivity contribution < 1.29 is 5.11 Å². The standard InChI is InChI=1S/C24H29N3O/c1-27(2)16-17-3-8-20(9-4-17)26-24-13-14-25-23-12-7-19(15-22(23)24)18-5-10-21(28)11-6-18/h5-7,10-15,17,20,28H,3-4,8-9,16H2,1-2H3,(H,25,26). The average Bonchev–Trinajstić information content (AvgIpc) is 2.70. The van der Waals surface area contributed by atoms with Gasteiger partial charge in [-0.3, -0.25) is 4.98 Å². The molecule has 4 nitrogen and oxygen atoms in total. The fourth-order valence-electron chi connectivity index (χ4n) is 4.33. The Kier molecular flexibility index (Phi) is 5.49. The lowest BCUT2D eigenvalue weighted by molar-refractivity contribution is 0.255. The van der Waals surface area contributed by atoms with E-state index in [2.05, 4.69) is 53.6 Å². The van der Waals surface area contributed by atoms with Gasteiger partial charge in [-0.15, -0.1) is 0 Å². The number of phenols is 1. The van der Waals surface area contributed by atoms with E-state index >= 15 is 0 Å². The first-order valence-corrected chi connectivity index (χ1v) is 10.2. The Morgan fingerprint density at radius 3 is 2.39 bits per heavy atom. The van der Waals surface area contributed by atoms with Crippen molar-refractivity contribution in [2.24, 2.45) is 5.92 Å². The number of pyridine rings is 1. The lowest BCUT2D eigenvalue weighted by Gasteiger charge is -2.31. The van der Waals surface area contributed by atoms with E-state index in [-0.39, 0.29) is 0 Å². The van der Waals surface area contributed by atoms with Crippen molar-refractivity contribution in [3.05, 3.63) is 54.7 Å². The van der Waals surface area contributed by atoms with E-state index in [1.807, 2.05) is 18.3 Å². The van der Waals surface area contributed by atoms with Crippen LogP contribution in [0.4, 0.5) is 5.69 Å². The summed E-state index contributed by atoms with van der Waals surface area (Å²) in [7, 11) is 4.33. The van der Waals surface area contributed by atoms with E-state index in [0.29, 0.717) is 11.8 Å². The first kappa shape index (κ1) is 18.8. The number of nitrogens with one attached hydrogen (secondary N) is 1. The van der Waals surface area contributed by atoms with Gasteiger partial charge in [0.2, 0.25) is 0 Å². The third kappa shape index (κ3) is 4.28. The fourth-order valence-corrected chi connectivity index (χ4v) is 4.33. The van der Waals surface area contributed by atoms with Gasteiger partial charge in [-0.1, -0.05) is 18.2 Å². The van der Waals surface area contributed by atoms with Crippen molar-refractivity contribution >= 4 is 16.6 Å². The van der Waals surface area contributed by atoms with Gasteiger partial charge >= 0.3 is 0 Å². The van der Waals surface area contributed by atoms with E-state index in [4.69, 9.17) is 0 Å². The van der Waals surface area contributed by atoms with Crippen molar-refractivity contribution in [2.45, 2.75) is 31.7 Å². The number of rotatable bonds is 5. The van der Waals surface area contributed by atoms with E-state index < -0.39 is 0 Å². The Morgan fingerprint density at radius 1 is 0.964 bits per heavy atom. The van der Waals surface area contributed by atoms with Gasteiger partial charge in [-0.25, -0.2) is 0 Å². The minimum absolute atomic E-state index is 0.290. The highest BCUT2D eigenvalue weighted by atomic mass is 16.3. The second-order valence-electron chi connectivity index (χ2n) is 8.26. The molecule has 28 heavy (non-hydrogen) atoms. The second kappa shape index (κ2) is 8.19. The van der Waals surface area contributed by atoms with Gasteiger partial charge in [0.05, 0.1) is 5.52 Å². The number of hydrogen-bond acceptors (Lipinski definition) is 4. The van der Waals surface area contributed by atoms with Crippen LogP contribution in [0, 0.1) is 5.92 Å². The summed E-state index contributed by atoms with van der Waals surface area (Å²) in [6, 6.07) is 16.4. The molecule has 2 N–H and O–H groups in total. The third-order valence-corrected chi connectivity index (χ3v) is 5.77. The first-order valence-electron chi connectivity index (χ1n) is 10.2. The van der Waals surface area contributed by atoms with Crippen LogP contribution in [0.2, 0.25) is 0 Å². The average molecular weight is 376 g/mol. The molecule has 1 heterocycles. The largest absolute Gasteiger partial charge is 0.508 e. The zero-order chi connectivity index (χ0) is 19.5. The highest BCUT2D eigenvalue weighted by Gasteiger charge is 2.22. The highest BCUT2D eigenvalue weighted by Crippen LogP contribution is 2.32. The molecule has 3 aromatic rings. The molecule has 4 rings (SSSR count). The minimum atomic E-state index is 0.290. The maximum atomic E-state index is 9.55. The molecule has 1 aromatic heterocycles. The summed E-state index contributed by atoms with van der Waals surface area (Å²) in [5.41, 5.74) is 4.41. The van der Waals surface area contributed by atoms with Crippen molar-refractivity contribution in [1.29, 1.82) is 0 Å². The normalized spacial score (nSPS) is 19.8. The van der Waals surface area contributed by atoms with Gasteiger partial charge in [0.15, 0.2) is 0 Å². The maximum Gasteiger partial charge on any atom is 0.115 e. The molecule has 0 atom stereocenters. The van der Waals surface area contributed by atoms with E-state index in [0.717, 1.165) is 27.9 Å². The number of anilines is 1. The van der Waals surface area contributed by atoms with Gasteiger partial charge in [-0.2, -0.15) is 0 Å². The van der Waals surface area contributed by atoms with E-state index in [1.54, 1.807) is 12.1 Å². The quantitative estimate of drug-likeness (QED) is 0.648. The van der Waals surface area contributed by atoms with Crippen LogP contribution >= 0.6 is 0 Å². The summed E-state index contributed by atoms with van der Waals surface area (Å²) in [5, 5.41) is 14.5. The van der Waals surface area contributed by atoms with Crippen LogP contribution in [-0.4, -0.2) is 41.7 Å². The van der Waals surface area contributed by atoms with Crippen molar-refractivity contribution in [1.82, 2.24) is 9.88 Å². The topological polar surface area (TPSA) is 48.4 Å². The summed E-state index contributed by atoms with van der Waals surface area (Å²) < 4.78 is 0. The lowest BCUT2D eigenvalue weighted by Crippen LogP contribution is -2.30. The summed E-state index contributed by atoms with van der Waals surface area (Å²) in [5.74, 6) is 1.11. The SMILES string of the molecule is CN(C)CC1CCC(Nc2ccnc3ccc(-c4ccc(O)cc4)cc23)CC1. The molecule has 4 heteroatoms. The van der Waals surface area contributed by atoms with Crippen LogP contribution in [0.1, 0.15) is 25.7 Å². The second-order valence-corrected chi connectivity index (χ2v) is 8.26. The fraction of sp³-hybridized carbons (Fsp3) is 0.375. The Labute approximate surface area is 167 Å². The van der Waals surface area contributed by atoms with Crippen molar-refractivity contribution in [3.63, 3.8) is 0 Å². The summed E-state index contributed by atoms with van der Waals surface area (Å²) in [4.78, 5) is 6.85. The number of aromatic hydroxyl groups is 1. The van der Waals surface area contributed by atoms with Crippen molar-refractivity contribution in [2.75, 3.05) is 26.0 Å². The Morgan fingerprint density at radius 2 is 1.68 bits per heavy atom. The number of fused-ring (bicyclic) bond motifs is 1. The molecule has 146 valence electrons. The van der Waals surface area contributed by atoms with Gasteiger partial charge in [0, 0.05) is 29.9 Å². The third-order valence-electron chi connectivity index (χ3n) is 5.77. The molecule has 0 bridgehead atoms. The van der Waals surface area contributed by atoms with Crippen LogP contribution in [-0.2, 0) is 0 Å². The predicted molar refractivity (Wildman–Crippen MR) is 117 cm³/mol. The Balaban J connectivity index is 1.54. The lowest BCUT2D eigenvalue weighted by atomic mass is 9.85. The number of nitrogens with zero attached hydrogens (tertiary/aromatic N) is 2. The van der Waals surface area contributed by atoms with Crippen LogP contribution in [0.5, 0.6) is 5.75 Å². The molecule has 0 radical (unpaired) electrons. The molecule has 1 aliphatic carbocycles. The molecule has 0 amide bonds. The summed E-state index contributed by atoms with van der Waals surface area (Å²) >= 11 is 0. The minimum Gasteiger partial charge on any atom is -0.508 e. The molecule has 0 spiro atoms. The van der Waals surface area contributed by atoms with Crippen LogP contribution in [0.3, 0.4) is 0 Å². The molecule has 1 fully saturated rings. The summed E-state index contributed by atoms with van der Waals surface area (Å²) in [6.07, 6.45) is 6.91. The first-order chi connectivity index (χ1) is 13.6. The molecule has 0 unspecified atom stereocenters. The maximum absolute atomic E-state index is 9.55. The van der Waals surface area contributed by atoms with Gasteiger partial charge in [-0.05, 0) is 87.2 Å². The molecule has 2 aromatic carbocycles. The Hall–Kier alpha value is -2.59. The highest BCUT2D eigenvalue weighted by molar-refractivity contribution is 5.94. The van der Waals surface area contributed by atoms with Crippen LogP contribution in [0.15, 0.2) is 54.7 Å². The Bertz CT molecular complexity index is 928. The molecule has 1 aliphatic rings. The number of aromatic nitrogens is 1. The zero-order valence-corrected chi connectivity index (χ0v) is 16.7. The molecule has 0 saturated heterocycles. The monoisotopic (exact) mass is 375 g/mol.